The molecule has 0 N–H and O–H groups in total. The first-order valence-corrected chi connectivity index (χ1v) is 23.7. The second-order valence-electron chi connectivity index (χ2n) is 13.7. The zero-order valence-corrected chi connectivity index (χ0v) is 39.3. The van der Waals surface area contributed by atoms with Crippen LogP contribution in [0.4, 0.5) is 26.3 Å². The van der Waals surface area contributed by atoms with Crippen molar-refractivity contribution in [3.63, 3.8) is 0 Å². The Hall–Kier alpha value is -4.81. The van der Waals surface area contributed by atoms with Gasteiger partial charge in [-0.25, -0.2) is 0 Å². The number of hydroxylamine groups is 4. The van der Waals surface area contributed by atoms with Crippen LogP contribution >= 0.6 is 47.6 Å². The van der Waals surface area contributed by atoms with Crippen LogP contribution in [0.2, 0.25) is 0 Å². The molecule has 0 aliphatic carbocycles. The molecule has 0 saturated heterocycles. The topological polar surface area (TPSA) is 138 Å². The quantitative estimate of drug-likeness (QED) is 0.0205. The van der Waals surface area contributed by atoms with Crippen LogP contribution in [-0.4, -0.2) is 88.7 Å². The molecule has 12 nitrogen and oxygen atoms in total. The van der Waals surface area contributed by atoms with E-state index in [0.29, 0.717) is 52.7 Å². The predicted molar refractivity (Wildman–Crippen MR) is 244 cm³/mol. The third-order valence-electron chi connectivity index (χ3n) is 9.42. The molecule has 0 spiro atoms. The number of hydrogen-bond acceptors (Lipinski definition) is 14. The number of alkyl halides is 6. The maximum Gasteiger partial charge on any atom is 0.470 e. The lowest BCUT2D eigenvalue weighted by Crippen LogP contribution is -2.39. The standard InChI is InChI=1S/C22H16F3NO4S2.C21H20F3NO6S2.C2H6/c23-22(24,25)32-30-26-20(27)16-8-4-7-15-18(10-9-17(19(15)16)21(26)28)31-12-11-29-13-14-5-2-1-3-6-14;1-12(29-2)8-10-30-17(26)9-11-32-16-7-6-15-18-13(16)4-3-5-14(18)19(27)25(20(15)28)31-33-21(22,23)24;1-2/h1-10H,11-13H2;3-7,12H,8-11H2,1-2H3;1-2H3. The SMILES string of the molecule is CC.COC(C)CCOC(=O)CCSc1ccc2c3c(cccc13)C(=O)N(OSC(F)(F)F)C2=O.O=C1c2cccc3c(SCCOCc4ccccc4)ccc(c23)C(=O)N1OSC(F)(F)F. The molecule has 1 unspecified atom stereocenters. The average molecular weight is 1010 g/mol. The van der Waals surface area contributed by atoms with Crippen LogP contribution in [0.1, 0.15) is 80.6 Å². The number of carbonyl (C=O) groups is 5. The summed E-state index contributed by atoms with van der Waals surface area (Å²) < 4.78 is 99.7. The van der Waals surface area contributed by atoms with Crippen molar-refractivity contribution in [3.05, 3.63) is 119 Å². The van der Waals surface area contributed by atoms with E-state index in [1.165, 1.54) is 47.8 Å². The fourth-order valence-electron chi connectivity index (χ4n) is 6.39. The number of amides is 4. The number of benzene rings is 5. The van der Waals surface area contributed by atoms with Crippen molar-refractivity contribution in [3.8, 4) is 0 Å². The summed E-state index contributed by atoms with van der Waals surface area (Å²) >= 11 is 1.02. The predicted octanol–water partition coefficient (Wildman–Crippen LogP) is 11.9. The Bertz CT molecular complexity index is 2520. The van der Waals surface area contributed by atoms with Gasteiger partial charge < -0.3 is 14.2 Å². The second-order valence-corrected chi connectivity index (χ2v) is 17.6. The molecule has 22 heteroatoms. The van der Waals surface area contributed by atoms with Gasteiger partial charge in [-0.3, -0.25) is 24.0 Å². The Morgan fingerprint density at radius 3 is 1.54 bits per heavy atom. The highest BCUT2D eigenvalue weighted by atomic mass is 32.2. The number of esters is 1. The molecule has 2 heterocycles. The van der Waals surface area contributed by atoms with E-state index in [0.717, 1.165) is 15.4 Å². The number of hydrogen-bond donors (Lipinski definition) is 0. The highest BCUT2D eigenvalue weighted by molar-refractivity contribution is 7.99. The van der Waals surface area contributed by atoms with E-state index < -0.39 is 58.7 Å². The number of imide groups is 2. The Morgan fingerprint density at radius 1 is 0.612 bits per heavy atom. The Kier molecular flexibility index (Phi) is 19.4. The van der Waals surface area contributed by atoms with Crippen LogP contribution in [0.25, 0.3) is 21.5 Å². The lowest BCUT2D eigenvalue weighted by atomic mass is 9.95. The minimum absolute atomic E-state index is 0.0105. The minimum Gasteiger partial charge on any atom is -0.466 e. The van der Waals surface area contributed by atoms with Gasteiger partial charge in [-0.2, -0.15) is 34.9 Å². The molecule has 0 bridgehead atoms. The van der Waals surface area contributed by atoms with Crippen LogP contribution in [0.5, 0.6) is 0 Å². The van der Waals surface area contributed by atoms with Gasteiger partial charge in [0.05, 0.1) is 54.6 Å². The highest BCUT2D eigenvalue weighted by Gasteiger charge is 2.41. The summed E-state index contributed by atoms with van der Waals surface area (Å²) in [7, 11) is 1.58. The summed E-state index contributed by atoms with van der Waals surface area (Å²) in [6, 6.07) is 25.6. The summed E-state index contributed by atoms with van der Waals surface area (Å²) in [5.74, 6) is -3.14. The van der Waals surface area contributed by atoms with Crippen LogP contribution in [0, 0.1) is 0 Å². The molecule has 0 fully saturated rings. The molecule has 0 radical (unpaired) electrons. The summed E-state index contributed by atoms with van der Waals surface area (Å²) in [5.41, 5.74) is -8.12. The van der Waals surface area contributed by atoms with Crippen molar-refractivity contribution >= 4 is 98.8 Å². The van der Waals surface area contributed by atoms with Gasteiger partial charge in [-0.05, 0) is 59.7 Å². The first-order chi connectivity index (χ1) is 32.0. The van der Waals surface area contributed by atoms with Gasteiger partial charge in [0, 0.05) is 45.6 Å². The highest BCUT2D eigenvalue weighted by Crippen LogP contribution is 2.41. The zero-order valence-electron chi connectivity index (χ0n) is 36.1. The fourth-order valence-corrected chi connectivity index (χ4v) is 8.87. The van der Waals surface area contributed by atoms with Crippen molar-refractivity contribution in [2.45, 2.75) is 67.1 Å². The summed E-state index contributed by atoms with van der Waals surface area (Å²) in [5, 5.41) is 2.28. The van der Waals surface area contributed by atoms with Crippen LogP contribution in [-0.2, 0) is 34.2 Å². The molecule has 5 aromatic rings. The minimum atomic E-state index is -4.78. The third-order valence-corrected chi connectivity index (χ3v) is 12.4. The molecule has 5 aromatic carbocycles. The molecule has 7 rings (SSSR count). The maximum absolute atomic E-state index is 12.6. The molecule has 0 saturated carbocycles. The van der Waals surface area contributed by atoms with Crippen molar-refractivity contribution in [1.29, 1.82) is 0 Å². The largest absolute Gasteiger partial charge is 0.470 e. The number of ether oxygens (including phenoxy) is 3. The normalized spacial score (nSPS) is 13.9. The monoisotopic (exact) mass is 1010 g/mol. The molecule has 2 aliphatic rings. The first kappa shape index (κ1) is 53.1. The molecule has 358 valence electrons. The van der Waals surface area contributed by atoms with Crippen molar-refractivity contribution in [1.82, 2.24) is 10.1 Å². The van der Waals surface area contributed by atoms with Gasteiger partial charge in [-0.1, -0.05) is 68.4 Å². The van der Waals surface area contributed by atoms with E-state index in [1.807, 2.05) is 51.1 Å². The van der Waals surface area contributed by atoms with Gasteiger partial charge in [-0.15, -0.1) is 33.7 Å². The van der Waals surface area contributed by atoms with Gasteiger partial charge >= 0.3 is 17.0 Å². The van der Waals surface area contributed by atoms with Crippen LogP contribution < -0.4 is 0 Å². The number of halogens is 6. The van der Waals surface area contributed by atoms with E-state index >= 15 is 0 Å². The Morgan fingerprint density at radius 2 is 1.07 bits per heavy atom. The van der Waals surface area contributed by atoms with Gasteiger partial charge in [0.2, 0.25) is 0 Å². The molecule has 2 aliphatic heterocycles. The summed E-state index contributed by atoms with van der Waals surface area (Å²) in [4.78, 5) is 64.0. The van der Waals surface area contributed by atoms with E-state index in [9.17, 15) is 50.3 Å². The summed E-state index contributed by atoms with van der Waals surface area (Å²) in [6.45, 7) is 7.13. The molecular weight excluding hydrogens is 971 g/mol. The lowest BCUT2D eigenvalue weighted by Gasteiger charge is -2.25. The van der Waals surface area contributed by atoms with Crippen LogP contribution in [0.3, 0.4) is 0 Å². The first-order valence-electron chi connectivity index (χ1n) is 20.3. The lowest BCUT2D eigenvalue weighted by molar-refractivity contribution is -0.143. The molecule has 0 aromatic heterocycles. The molecule has 67 heavy (non-hydrogen) atoms. The van der Waals surface area contributed by atoms with Crippen molar-refractivity contribution < 1.29 is 73.1 Å². The van der Waals surface area contributed by atoms with Crippen molar-refractivity contribution in [2.75, 3.05) is 31.8 Å². The average Bonchev–Trinajstić information content (AvgIpc) is 3.30. The Balaban J connectivity index is 0.000000242. The fraction of sp³-hybridized carbons (Fsp3) is 0.311. The van der Waals surface area contributed by atoms with Crippen molar-refractivity contribution in [2.24, 2.45) is 0 Å². The number of carbonyl (C=O) groups excluding carboxylic acids is 5. The van der Waals surface area contributed by atoms with Gasteiger partial charge in [0.15, 0.2) is 0 Å². The van der Waals surface area contributed by atoms with Crippen LogP contribution in [0.15, 0.2) is 101 Å². The van der Waals surface area contributed by atoms with E-state index in [4.69, 9.17) is 14.2 Å². The third kappa shape index (κ3) is 14.1. The van der Waals surface area contributed by atoms with E-state index in [1.54, 1.807) is 43.5 Å². The summed E-state index contributed by atoms with van der Waals surface area (Å²) in [6.07, 6.45) is 0.737. The second kappa shape index (κ2) is 24.5. The molecule has 1 atom stereocenters. The number of thioether (sulfide) groups is 2. The maximum atomic E-state index is 12.6. The smallest absolute Gasteiger partial charge is 0.466 e. The number of rotatable bonds is 18. The molecular formula is C45H42F6N2O10S4. The molecule has 4 amide bonds. The van der Waals surface area contributed by atoms with Gasteiger partial charge in [0.25, 0.3) is 23.6 Å². The zero-order chi connectivity index (χ0) is 48.9. The Labute approximate surface area is 398 Å². The number of nitrogens with zero attached hydrogens (tertiary/aromatic N) is 2. The van der Waals surface area contributed by atoms with Gasteiger partial charge in [0.1, 0.15) is 24.1 Å². The number of methoxy groups -OCH3 is 1. The van der Waals surface area contributed by atoms with E-state index in [2.05, 4.69) is 8.57 Å². The van der Waals surface area contributed by atoms with E-state index in [-0.39, 0.29) is 57.5 Å².